The van der Waals surface area contributed by atoms with E-state index in [0.717, 1.165) is 25.1 Å². The molecule has 0 aromatic carbocycles. The molecular formula is C19H31N5O4S. The first-order valence-electron chi connectivity index (χ1n) is 10.7. The minimum absolute atomic E-state index is 0.00261. The van der Waals surface area contributed by atoms with Gasteiger partial charge in [0.05, 0.1) is 11.3 Å². The molecular weight excluding hydrogens is 394 g/mol. The lowest BCUT2D eigenvalue weighted by Crippen LogP contribution is -2.53. The summed E-state index contributed by atoms with van der Waals surface area (Å²) in [7, 11) is -3.28. The zero-order chi connectivity index (χ0) is 20.3. The minimum Gasteiger partial charge on any atom is -0.381 e. The average Bonchev–Trinajstić information content (AvgIpc) is 3.29. The summed E-state index contributed by atoms with van der Waals surface area (Å²) in [6.45, 7) is 2.68. The number of nitrogens with one attached hydrogen (secondary N) is 2. The summed E-state index contributed by atoms with van der Waals surface area (Å²) in [6, 6.07) is -0.0904. The predicted octanol–water partition coefficient (Wildman–Crippen LogP) is 1.62. The van der Waals surface area contributed by atoms with Gasteiger partial charge in [-0.25, -0.2) is 22.5 Å². The number of sulfonamides is 1. The van der Waals surface area contributed by atoms with Crippen molar-refractivity contribution < 1.29 is 17.9 Å². The molecule has 1 aromatic heterocycles. The molecule has 4 rings (SSSR count). The Balaban J connectivity index is 1.31. The number of imidazole rings is 1. The van der Waals surface area contributed by atoms with Gasteiger partial charge in [-0.15, -0.1) is 0 Å². The van der Waals surface area contributed by atoms with E-state index in [1.807, 2.05) is 4.90 Å². The zero-order valence-corrected chi connectivity index (χ0v) is 17.6. The highest BCUT2D eigenvalue weighted by Crippen LogP contribution is 2.29. The molecule has 3 aliphatic rings. The van der Waals surface area contributed by atoms with Crippen molar-refractivity contribution in [3.8, 4) is 0 Å². The van der Waals surface area contributed by atoms with Crippen LogP contribution in [0.25, 0.3) is 0 Å². The molecule has 10 heteroatoms. The Morgan fingerprint density at radius 2 is 1.86 bits per heavy atom. The molecule has 0 bridgehead atoms. The number of piperidine rings is 2. The van der Waals surface area contributed by atoms with Gasteiger partial charge in [-0.05, 0) is 44.9 Å². The first-order valence-corrected chi connectivity index (χ1v) is 12.2. The van der Waals surface area contributed by atoms with Crippen molar-refractivity contribution in [2.75, 3.05) is 32.8 Å². The number of H-pyrrole nitrogens is 1. The highest BCUT2D eigenvalue weighted by atomic mass is 32.2. The molecule has 4 heterocycles. The number of aromatic amines is 1. The van der Waals surface area contributed by atoms with Gasteiger partial charge in [-0.3, -0.25) is 0 Å². The second kappa shape index (κ2) is 9.01. The molecule has 2 N–H and O–H groups in total. The third-order valence-corrected chi connectivity index (χ3v) is 8.73. The summed E-state index contributed by atoms with van der Waals surface area (Å²) < 4.78 is 32.6. The zero-order valence-electron chi connectivity index (χ0n) is 16.8. The van der Waals surface area contributed by atoms with Crippen molar-refractivity contribution in [3.63, 3.8) is 0 Å². The molecule has 3 saturated heterocycles. The van der Waals surface area contributed by atoms with Gasteiger partial charge in [-0.2, -0.15) is 0 Å². The quantitative estimate of drug-likeness (QED) is 0.762. The molecule has 0 radical (unpaired) electrons. The van der Waals surface area contributed by atoms with Crippen molar-refractivity contribution in [1.82, 2.24) is 24.5 Å². The molecule has 0 spiro atoms. The van der Waals surface area contributed by atoms with Crippen molar-refractivity contribution >= 4 is 16.1 Å². The van der Waals surface area contributed by atoms with Crippen LogP contribution in [0.15, 0.2) is 12.4 Å². The SMILES string of the molecule is O=C(NC1CCN(S(=O)(=O)C2CCOCC2)CC1)N1CCCCC1c1ncc[nH]1. The third-order valence-electron chi connectivity index (χ3n) is 6.33. The van der Waals surface area contributed by atoms with Crippen LogP contribution in [0.2, 0.25) is 0 Å². The first kappa shape index (κ1) is 20.6. The first-order chi connectivity index (χ1) is 14.1. The fourth-order valence-corrected chi connectivity index (χ4v) is 6.55. The molecule has 1 aromatic rings. The molecule has 2 amide bonds. The van der Waals surface area contributed by atoms with Crippen molar-refractivity contribution in [2.24, 2.45) is 0 Å². The Morgan fingerprint density at radius 3 is 2.55 bits per heavy atom. The van der Waals surface area contributed by atoms with Gasteiger partial charge in [0.25, 0.3) is 0 Å². The number of hydrogen-bond acceptors (Lipinski definition) is 5. The number of urea groups is 1. The van der Waals surface area contributed by atoms with E-state index >= 15 is 0 Å². The number of carbonyl (C=O) groups is 1. The number of rotatable bonds is 4. The van der Waals surface area contributed by atoms with Gasteiger partial charge in [0.2, 0.25) is 10.0 Å². The van der Waals surface area contributed by atoms with Crippen LogP contribution in [0.1, 0.15) is 56.8 Å². The second-order valence-corrected chi connectivity index (χ2v) is 10.4. The van der Waals surface area contributed by atoms with Crippen LogP contribution in [0.5, 0.6) is 0 Å². The Hall–Kier alpha value is -1.65. The van der Waals surface area contributed by atoms with E-state index in [-0.39, 0.29) is 23.4 Å². The van der Waals surface area contributed by atoms with Gasteiger partial charge in [0.1, 0.15) is 5.82 Å². The van der Waals surface area contributed by atoms with Crippen molar-refractivity contribution in [3.05, 3.63) is 18.2 Å². The standard InChI is InChI=1S/C19H31N5O4S/c25-19(24-10-2-1-3-17(24)18-20-8-9-21-18)22-15-4-11-23(12-5-15)29(26,27)16-6-13-28-14-7-16/h8-9,15-17H,1-7,10-14H2,(H,20,21)(H,22,25). The summed E-state index contributed by atoms with van der Waals surface area (Å²) in [6.07, 6.45) is 8.92. The van der Waals surface area contributed by atoms with E-state index in [1.54, 1.807) is 16.7 Å². The maximum Gasteiger partial charge on any atom is 0.318 e. The van der Waals surface area contributed by atoms with E-state index in [1.165, 1.54) is 0 Å². The third kappa shape index (κ3) is 4.59. The van der Waals surface area contributed by atoms with Crippen LogP contribution >= 0.6 is 0 Å². The number of hydrogen-bond donors (Lipinski definition) is 2. The van der Waals surface area contributed by atoms with Crippen LogP contribution in [0.3, 0.4) is 0 Å². The van der Waals surface area contributed by atoms with Crippen molar-refractivity contribution in [1.29, 1.82) is 0 Å². The summed E-state index contributed by atoms with van der Waals surface area (Å²) in [5, 5.41) is 2.81. The fourth-order valence-electron chi connectivity index (χ4n) is 4.62. The highest BCUT2D eigenvalue weighted by molar-refractivity contribution is 7.89. The lowest BCUT2D eigenvalue weighted by Gasteiger charge is -2.38. The molecule has 1 unspecified atom stereocenters. The molecule has 3 aliphatic heterocycles. The number of nitrogens with zero attached hydrogens (tertiary/aromatic N) is 3. The number of ether oxygens (including phenoxy) is 1. The summed E-state index contributed by atoms with van der Waals surface area (Å²) in [4.78, 5) is 22.3. The molecule has 0 saturated carbocycles. The highest BCUT2D eigenvalue weighted by Gasteiger charge is 2.37. The topological polar surface area (TPSA) is 108 Å². The van der Waals surface area contributed by atoms with Gasteiger partial charge in [0, 0.05) is 51.3 Å². The van der Waals surface area contributed by atoms with E-state index in [2.05, 4.69) is 15.3 Å². The Labute approximate surface area is 172 Å². The molecule has 1 atom stereocenters. The maximum atomic E-state index is 12.9. The average molecular weight is 426 g/mol. The summed E-state index contributed by atoms with van der Waals surface area (Å²) in [5.74, 6) is 0.831. The smallest absolute Gasteiger partial charge is 0.318 e. The normalized spacial score (nSPS) is 25.8. The van der Waals surface area contributed by atoms with Crippen molar-refractivity contribution in [2.45, 2.75) is 62.3 Å². The van der Waals surface area contributed by atoms with E-state index < -0.39 is 10.0 Å². The molecule has 162 valence electrons. The lowest BCUT2D eigenvalue weighted by atomic mass is 10.0. The Kier molecular flexibility index (Phi) is 6.41. The number of amides is 2. The summed E-state index contributed by atoms with van der Waals surface area (Å²) in [5.41, 5.74) is 0. The number of carbonyl (C=O) groups excluding carboxylic acids is 1. The van der Waals surface area contributed by atoms with E-state index in [4.69, 9.17) is 4.74 Å². The molecule has 9 nitrogen and oxygen atoms in total. The van der Waals surface area contributed by atoms with E-state index in [9.17, 15) is 13.2 Å². The summed E-state index contributed by atoms with van der Waals surface area (Å²) >= 11 is 0. The Bertz CT molecular complexity index is 771. The van der Waals surface area contributed by atoms with Crippen LogP contribution < -0.4 is 5.32 Å². The second-order valence-electron chi connectivity index (χ2n) is 8.16. The maximum absolute atomic E-state index is 12.9. The number of likely N-dealkylation sites (tertiary alicyclic amines) is 1. The van der Waals surface area contributed by atoms with Gasteiger partial charge >= 0.3 is 6.03 Å². The molecule has 0 aliphatic carbocycles. The van der Waals surface area contributed by atoms with Crippen LogP contribution in [-0.4, -0.2) is 77.8 Å². The minimum atomic E-state index is -3.28. The van der Waals surface area contributed by atoms with Crippen LogP contribution in [0.4, 0.5) is 4.79 Å². The van der Waals surface area contributed by atoms with Crippen LogP contribution in [0, 0.1) is 0 Å². The van der Waals surface area contributed by atoms with Gasteiger partial charge in [-0.1, -0.05) is 0 Å². The number of aromatic nitrogens is 2. The lowest BCUT2D eigenvalue weighted by molar-refractivity contribution is 0.0968. The van der Waals surface area contributed by atoms with Gasteiger partial charge < -0.3 is 19.9 Å². The predicted molar refractivity (Wildman–Crippen MR) is 108 cm³/mol. The van der Waals surface area contributed by atoms with E-state index in [0.29, 0.717) is 58.5 Å². The fraction of sp³-hybridized carbons (Fsp3) is 0.789. The Morgan fingerprint density at radius 1 is 1.10 bits per heavy atom. The largest absolute Gasteiger partial charge is 0.381 e. The van der Waals surface area contributed by atoms with Gasteiger partial charge in [0.15, 0.2) is 0 Å². The van der Waals surface area contributed by atoms with Crippen LogP contribution in [-0.2, 0) is 14.8 Å². The molecule has 3 fully saturated rings. The monoisotopic (exact) mass is 425 g/mol. The molecule has 29 heavy (non-hydrogen) atoms.